The van der Waals surface area contributed by atoms with Crippen LogP contribution in [0.5, 0.6) is 11.6 Å². The molecule has 0 saturated carbocycles. The lowest BCUT2D eigenvalue weighted by Crippen LogP contribution is -2.47. The van der Waals surface area contributed by atoms with Crippen molar-refractivity contribution in [1.82, 2.24) is 34.8 Å². The average Bonchev–Trinajstić information content (AvgIpc) is 3.37. The maximum atomic E-state index is 13.2. The molecule has 3 aromatic heterocycles. The second-order valence-corrected chi connectivity index (χ2v) is 8.84. The number of carbonyl (C=O) groups excluding carboxylic acids is 1. The third-order valence-electron chi connectivity index (χ3n) is 6.22. The van der Waals surface area contributed by atoms with Crippen LogP contribution in [0.25, 0.3) is 16.9 Å². The Morgan fingerprint density at radius 1 is 1.29 bits per heavy atom. The maximum Gasteiger partial charge on any atom is 0.389 e. The summed E-state index contributed by atoms with van der Waals surface area (Å²) in [6.07, 6.45) is -0.441. The van der Waals surface area contributed by atoms with Crippen molar-refractivity contribution >= 4 is 11.7 Å². The monoisotopic (exact) mass is 537 g/mol. The van der Waals surface area contributed by atoms with E-state index in [1.54, 1.807) is 36.7 Å². The number of urea groups is 1. The van der Waals surface area contributed by atoms with Crippen LogP contribution in [0.2, 0.25) is 0 Å². The Balaban J connectivity index is 1.72. The second-order valence-electron chi connectivity index (χ2n) is 8.84. The van der Waals surface area contributed by atoms with E-state index in [4.69, 9.17) is 14.2 Å². The molecule has 2 amide bonds. The van der Waals surface area contributed by atoms with Gasteiger partial charge in [0.2, 0.25) is 5.65 Å². The van der Waals surface area contributed by atoms with Crippen molar-refractivity contribution in [3.8, 4) is 22.9 Å². The highest BCUT2D eigenvalue weighted by molar-refractivity contribution is 5.75. The van der Waals surface area contributed by atoms with Gasteiger partial charge in [0.15, 0.2) is 0 Å². The Labute approximate surface area is 217 Å². The van der Waals surface area contributed by atoms with Crippen molar-refractivity contribution in [2.24, 2.45) is 0 Å². The fourth-order valence-electron chi connectivity index (χ4n) is 4.19. The molecule has 0 fully saturated rings. The van der Waals surface area contributed by atoms with Crippen LogP contribution in [0.4, 0.5) is 18.0 Å². The fourth-order valence-corrected chi connectivity index (χ4v) is 4.19. The van der Waals surface area contributed by atoms with Crippen molar-refractivity contribution in [3.63, 3.8) is 0 Å². The van der Waals surface area contributed by atoms with E-state index in [0.29, 0.717) is 41.3 Å². The van der Waals surface area contributed by atoms with Gasteiger partial charge in [-0.2, -0.15) is 13.2 Å². The molecule has 0 radical (unpaired) electrons. The van der Waals surface area contributed by atoms with E-state index in [1.165, 1.54) is 18.3 Å². The Bertz CT molecular complexity index is 1250. The van der Waals surface area contributed by atoms with Crippen LogP contribution >= 0.6 is 0 Å². The van der Waals surface area contributed by atoms with Crippen molar-refractivity contribution < 1.29 is 32.2 Å². The third-order valence-corrected chi connectivity index (χ3v) is 6.22. The predicted molar refractivity (Wildman–Crippen MR) is 130 cm³/mol. The summed E-state index contributed by atoms with van der Waals surface area (Å²) >= 11 is 0. The van der Waals surface area contributed by atoms with E-state index in [9.17, 15) is 18.0 Å². The van der Waals surface area contributed by atoms with Gasteiger partial charge in [-0.25, -0.2) is 9.78 Å². The summed E-state index contributed by atoms with van der Waals surface area (Å²) in [5, 5.41) is 10.7. The molecule has 4 bridgehead atoms. The highest BCUT2D eigenvalue weighted by Crippen LogP contribution is 2.33. The van der Waals surface area contributed by atoms with E-state index in [0.717, 1.165) is 0 Å². The number of methoxy groups -OCH3 is 1. The van der Waals surface area contributed by atoms with Crippen LogP contribution in [0.1, 0.15) is 44.8 Å². The quantitative estimate of drug-likeness (QED) is 0.535. The minimum absolute atomic E-state index is 0.0686. The first kappa shape index (κ1) is 27.4. The van der Waals surface area contributed by atoms with Gasteiger partial charge in [0.25, 0.3) is 5.88 Å². The van der Waals surface area contributed by atoms with E-state index in [1.807, 2.05) is 0 Å². The van der Waals surface area contributed by atoms with Gasteiger partial charge in [-0.1, -0.05) is 0 Å². The number of nitrogens with zero attached hydrogens (tertiary/aromatic N) is 6. The summed E-state index contributed by atoms with van der Waals surface area (Å²) in [6.45, 7) is 4.25. The lowest BCUT2D eigenvalue weighted by molar-refractivity contribution is -0.137. The number of carbonyl (C=O) groups is 1. The topological polar surface area (TPSA) is 116 Å². The van der Waals surface area contributed by atoms with E-state index < -0.39 is 30.7 Å². The zero-order valence-electron chi connectivity index (χ0n) is 21.4. The van der Waals surface area contributed by atoms with E-state index in [2.05, 4.69) is 25.5 Å². The molecular weight excluding hydrogens is 507 g/mol. The number of alkyl halides is 3. The minimum atomic E-state index is -4.35. The van der Waals surface area contributed by atoms with Crippen LogP contribution in [-0.2, 0) is 4.74 Å². The average molecular weight is 538 g/mol. The van der Waals surface area contributed by atoms with Gasteiger partial charge in [0, 0.05) is 37.8 Å². The Morgan fingerprint density at radius 2 is 2.11 bits per heavy atom. The summed E-state index contributed by atoms with van der Waals surface area (Å²) in [4.78, 5) is 23.8. The third kappa shape index (κ3) is 6.41. The van der Waals surface area contributed by atoms with Crippen molar-refractivity contribution in [2.45, 2.75) is 51.4 Å². The first-order valence-electron chi connectivity index (χ1n) is 12.3. The number of aromatic nitrogens is 5. The number of hydrogen-bond acceptors (Lipinski definition) is 8. The van der Waals surface area contributed by atoms with Gasteiger partial charge >= 0.3 is 12.2 Å². The van der Waals surface area contributed by atoms with Crippen molar-refractivity contribution in [2.75, 3.05) is 33.5 Å². The minimum Gasteiger partial charge on any atom is -0.494 e. The van der Waals surface area contributed by atoms with Crippen LogP contribution in [-0.4, -0.2) is 81.2 Å². The highest BCUT2D eigenvalue weighted by atomic mass is 19.4. The normalized spacial score (nSPS) is 19.5. The number of hydrogen-bond donors (Lipinski definition) is 1. The molecule has 0 saturated heterocycles. The van der Waals surface area contributed by atoms with Crippen molar-refractivity contribution in [1.29, 1.82) is 0 Å². The zero-order valence-corrected chi connectivity index (χ0v) is 21.4. The number of ether oxygens (including phenoxy) is 3. The van der Waals surface area contributed by atoms with Gasteiger partial charge < -0.3 is 24.4 Å². The standard InChI is InChI=1S/C24H30F3N7O4/c1-4-34-15(2)18-10-17(20(36-3)11-28-18)19-12-33-14-29-32-21(33)22(31-19)38-9-5-8-37-13-16(30-23(34)35)6-7-24(25,26)27/h10-12,14-16H,4-9,13H2,1-3H3,(H,30,35)/t15-,16+/m1/s1. The molecule has 0 spiro atoms. The molecule has 14 heteroatoms. The summed E-state index contributed by atoms with van der Waals surface area (Å²) in [6, 6.07) is -0.0779. The zero-order chi connectivity index (χ0) is 27.3. The number of pyridine rings is 1. The molecule has 38 heavy (non-hydrogen) atoms. The summed E-state index contributed by atoms with van der Waals surface area (Å²) in [5.41, 5.74) is 2.09. The Hall–Kier alpha value is -3.68. The number of amides is 2. The molecule has 4 rings (SSSR count). The molecule has 0 aliphatic carbocycles. The fraction of sp³-hybridized carbons (Fsp3) is 0.542. The molecule has 4 heterocycles. The van der Waals surface area contributed by atoms with Gasteiger partial charge in [0.05, 0.1) is 50.0 Å². The van der Waals surface area contributed by atoms with E-state index >= 15 is 0 Å². The Morgan fingerprint density at radius 3 is 2.84 bits per heavy atom. The predicted octanol–water partition coefficient (Wildman–Crippen LogP) is 3.80. The molecule has 1 aliphatic rings. The van der Waals surface area contributed by atoms with Gasteiger partial charge in [0.1, 0.15) is 12.1 Å². The summed E-state index contributed by atoms with van der Waals surface area (Å²) in [7, 11) is 1.51. The lowest BCUT2D eigenvalue weighted by atomic mass is 10.1. The number of fused-ring (bicyclic) bond motifs is 7. The number of rotatable bonds is 4. The molecule has 0 aromatic carbocycles. The summed E-state index contributed by atoms with van der Waals surface area (Å²) < 4.78 is 57.5. The molecule has 206 valence electrons. The van der Waals surface area contributed by atoms with Gasteiger partial charge in [-0.15, -0.1) is 10.2 Å². The number of halogens is 3. The smallest absolute Gasteiger partial charge is 0.389 e. The van der Waals surface area contributed by atoms with Crippen LogP contribution < -0.4 is 14.8 Å². The second kappa shape index (κ2) is 11.8. The highest BCUT2D eigenvalue weighted by Gasteiger charge is 2.30. The summed E-state index contributed by atoms with van der Waals surface area (Å²) in [5.74, 6) is 0.714. The largest absolute Gasteiger partial charge is 0.494 e. The molecule has 1 N–H and O–H groups in total. The molecule has 1 aliphatic heterocycles. The van der Waals surface area contributed by atoms with Crippen molar-refractivity contribution in [3.05, 3.63) is 30.5 Å². The molecule has 2 atom stereocenters. The first-order valence-corrected chi connectivity index (χ1v) is 12.3. The van der Waals surface area contributed by atoms with E-state index in [-0.39, 0.29) is 32.1 Å². The van der Waals surface area contributed by atoms with Gasteiger partial charge in [-0.05, 0) is 26.3 Å². The van der Waals surface area contributed by atoms with Crippen LogP contribution in [0.15, 0.2) is 24.8 Å². The van der Waals surface area contributed by atoms with Crippen LogP contribution in [0.3, 0.4) is 0 Å². The van der Waals surface area contributed by atoms with Crippen LogP contribution in [0, 0.1) is 0 Å². The molecule has 0 unspecified atom stereocenters. The first-order chi connectivity index (χ1) is 18.2. The molecular formula is C24H30F3N7O4. The SMILES string of the molecule is CCN1C(=O)N[C@@H](CCC(F)(F)F)COCCCOc2nc(cn3cnnc23)-c2cc(ncc2OC)[C@H]1C. The van der Waals surface area contributed by atoms with Gasteiger partial charge in [-0.3, -0.25) is 9.38 Å². The maximum absolute atomic E-state index is 13.2. The Kier molecular flexibility index (Phi) is 8.49. The number of nitrogens with one attached hydrogen (secondary N) is 1. The lowest BCUT2D eigenvalue weighted by Gasteiger charge is -2.30. The molecule has 11 nitrogen and oxygen atoms in total. The molecule has 3 aromatic rings.